The van der Waals surface area contributed by atoms with E-state index in [1.165, 1.54) is 7.11 Å². The number of amides is 2. The van der Waals surface area contributed by atoms with Crippen molar-refractivity contribution in [3.8, 4) is 5.75 Å². The number of nitrogens with zero attached hydrogens (tertiary/aromatic N) is 1. The molecule has 0 fully saturated rings. The van der Waals surface area contributed by atoms with E-state index in [0.29, 0.717) is 35.7 Å². The summed E-state index contributed by atoms with van der Waals surface area (Å²) in [5.41, 5.74) is 2.78. The van der Waals surface area contributed by atoms with Crippen LogP contribution in [0.25, 0.3) is 0 Å². The normalized spacial score (nSPS) is 10.3. The first-order valence-corrected chi connectivity index (χ1v) is 9.86. The molecule has 30 heavy (non-hydrogen) atoms. The summed E-state index contributed by atoms with van der Waals surface area (Å²) in [4.78, 5) is 38.2. The highest BCUT2D eigenvalue weighted by atomic mass is 16.5. The van der Waals surface area contributed by atoms with Crippen LogP contribution in [0.3, 0.4) is 0 Å². The Morgan fingerprint density at radius 1 is 1.00 bits per heavy atom. The monoisotopic (exact) mass is 412 g/mol. The average Bonchev–Trinajstić information content (AvgIpc) is 2.74. The molecule has 0 aliphatic rings. The highest BCUT2D eigenvalue weighted by molar-refractivity contribution is 5.96. The van der Waals surface area contributed by atoms with Crippen LogP contribution in [0, 0.1) is 6.92 Å². The minimum absolute atomic E-state index is 0.0142. The fourth-order valence-electron chi connectivity index (χ4n) is 2.98. The number of benzene rings is 2. The topological polar surface area (TPSA) is 84.9 Å². The molecule has 0 aromatic heterocycles. The molecule has 0 aliphatic carbocycles. The number of carbonyl (C=O) groups is 3. The highest BCUT2D eigenvalue weighted by Crippen LogP contribution is 2.20. The summed E-state index contributed by atoms with van der Waals surface area (Å²) in [5.74, 6) is -0.434. The van der Waals surface area contributed by atoms with Gasteiger partial charge >= 0.3 is 5.97 Å². The van der Waals surface area contributed by atoms with Crippen molar-refractivity contribution in [3.63, 3.8) is 0 Å². The minimum Gasteiger partial charge on any atom is -0.496 e. The first kappa shape index (κ1) is 22.9. The molecule has 2 amide bonds. The van der Waals surface area contributed by atoms with Gasteiger partial charge < -0.3 is 19.7 Å². The number of esters is 1. The molecule has 0 bridgehead atoms. The van der Waals surface area contributed by atoms with E-state index in [-0.39, 0.29) is 12.3 Å². The van der Waals surface area contributed by atoms with Gasteiger partial charge in [0.05, 0.1) is 13.5 Å². The fraction of sp³-hybridized carbons (Fsp3) is 0.348. The van der Waals surface area contributed by atoms with Crippen LogP contribution in [0.5, 0.6) is 5.75 Å². The molecule has 7 nitrogen and oxygen atoms in total. The molecule has 1 N–H and O–H groups in total. The van der Waals surface area contributed by atoms with E-state index >= 15 is 0 Å². The van der Waals surface area contributed by atoms with Crippen molar-refractivity contribution < 1.29 is 23.9 Å². The first-order chi connectivity index (χ1) is 14.4. The van der Waals surface area contributed by atoms with E-state index in [9.17, 15) is 14.4 Å². The van der Waals surface area contributed by atoms with Crippen molar-refractivity contribution in [2.75, 3.05) is 32.1 Å². The maximum atomic E-state index is 12.3. The van der Waals surface area contributed by atoms with Gasteiger partial charge in [-0.3, -0.25) is 14.4 Å². The average molecular weight is 412 g/mol. The van der Waals surface area contributed by atoms with Crippen LogP contribution in [-0.2, 0) is 20.7 Å². The molecule has 0 radical (unpaired) electrons. The van der Waals surface area contributed by atoms with Crippen LogP contribution in [-0.4, -0.2) is 49.5 Å². The first-order valence-electron chi connectivity index (χ1n) is 9.86. The summed E-state index contributed by atoms with van der Waals surface area (Å²) >= 11 is 0. The summed E-state index contributed by atoms with van der Waals surface area (Å²) in [6.45, 7) is 6.63. The largest absolute Gasteiger partial charge is 0.496 e. The van der Waals surface area contributed by atoms with Gasteiger partial charge in [-0.25, -0.2) is 0 Å². The lowest BCUT2D eigenvalue weighted by Gasteiger charge is -2.18. The molecule has 0 spiro atoms. The maximum absolute atomic E-state index is 12.3. The number of methoxy groups -OCH3 is 1. The molecular weight excluding hydrogens is 384 g/mol. The number of hydrogen-bond donors (Lipinski definition) is 1. The predicted molar refractivity (Wildman–Crippen MR) is 115 cm³/mol. The standard InChI is InChI=1S/C23H28N2O5/c1-5-25(6-2)23(28)17-8-10-19(11-9-17)24-21(26)15-30-22(27)14-18-13-16(3)7-12-20(18)29-4/h7-13H,5-6,14-15H2,1-4H3,(H,24,26). The van der Waals surface area contributed by atoms with E-state index in [1.54, 1.807) is 35.2 Å². The van der Waals surface area contributed by atoms with E-state index < -0.39 is 18.5 Å². The lowest BCUT2D eigenvalue weighted by atomic mass is 10.1. The fourth-order valence-corrected chi connectivity index (χ4v) is 2.98. The second kappa shape index (κ2) is 11.0. The second-order valence-electron chi connectivity index (χ2n) is 6.76. The molecule has 2 aromatic rings. The van der Waals surface area contributed by atoms with Gasteiger partial charge in [-0.1, -0.05) is 17.7 Å². The Morgan fingerprint density at radius 2 is 1.67 bits per heavy atom. The molecule has 0 aliphatic heterocycles. The van der Waals surface area contributed by atoms with Gasteiger partial charge in [-0.15, -0.1) is 0 Å². The molecule has 0 heterocycles. The van der Waals surface area contributed by atoms with Gasteiger partial charge in [0.1, 0.15) is 5.75 Å². The maximum Gasteiger partial charge on any atom is 0.310 e. The van der Waals surface area contributed by atoms with Crippen molar-refractivity contribution >= 4 is 23.5 Å². The number of carbonyl (C=O) groups excluding carboxylic acids is 3. The van der Waals surface area contributed by atoms with Crippen molar-refractivity contribution in [1.82, 2.24) is 4.90 Å². The molecule has 0 atom stereocenters. The SMILES string of the molecule is CCN(CC)C(=O)c1ccc(NC(=O)COC(=O)Cc2cc(C)ccc2OC)cc1. The number of hydrogen-bond acceptors (Lipinski definition) is 5. The van der Waals surface area contributed by atoms with Gasteiger partial charge in [0, 0.05) is 29.9 Å². The molecule has 160 valence electrons. The number of anilines is 1. The third kappa shape index (κ3) is 6.34. The third-order valence-corrected chi connectivity index (χ3v) is 4.60. The number of aryl methyl sites for hydroxylation is 1. The molecule has 7 heteroatoms. The molecule has 2 rings (SSSR count). The lowest BCUT2D eigenvalue weighted by molar-refractivity contribution is -0.146. The smallest absolute Gasteiger partial charge is 0.310 e. The summed E-state index contributed by atoms with van der Waals surface area (Å²) in [6, 6.07) is 12.1. The number of nitrogens with one attached hydrogen (secondary N) is 1. The minimum atomic E-state index is -0.519. The summed E-state index contributed by atoms with van der Waals surface area (Å²) in [5, 5.41) is 2.65. The van der Waals surface area contributed by atoms with Gasteiger partial charge in [-0.05, 0) is 51.1 Å². The Kier molecular flexibility index (Phi) is 8.41. The Bertz CT molecular complexity index is 889. The molecule has 0 saturated heterocycles. The Morgan fingerprint density at radius 3 is 2.27 bits per heavy atom. The van der Waals surface area contributed by atoms with E-state index in [1.807, 2.05) is 32.9 Å². The van der Waals surface area contributed by atoms with Crippen molar-refractivity contribution in [2.24, 2.45) is 0 Å². The quantitative estimate of drug-likeness (QED) is 0.640. The number of rotatable bonds is 9. The van der Waals surface area contributed by atoms with Gasteiger partial charge in [0.25, 0.3) is 11.8 Å². The molecular formula is C23H28N2O5. The van der Waals surface area contributed by atoms with Gasteiger partial charge in [0.2, 0.25) is 0 Å². The third-order valence-electron chi connectivity index (χ3n) is 4.60. The van der Waals surface area contributed by atoms with Gasteiger partial charge in [0.15, 0.2) is 6.61 Å². The molecule has 0 unspecified atom stereocenters. The Balaban J connectivity index is 1.86. The van der Waals surface area contributed by atoms with Crippen LogP contribution in [0.4, 0.5) is 5.69 Å². The van der Waals surface area contributed by atoms with Crippen molar-refractivity contribution in [2.45, 2.75) is 27.2 Å². The summed E-state index contributed by atoms with van der Waals surface area (Å²) < 4.78 is 10.3. The lowest BCUT2D eigenvalue weighted by Crippen LogP contribution is -2.30. The Labute approximate surface area is 177 Å². The van der Waals surface area contributed by atoms with E-state index in [4.69, 9.17) is 9.47 Å². The second-order valence-corrected chi connectivity index (χ2v) is 6.76. The van der Waals surface area contributed by atoms with E-state index in [2.05, 4.69) is 5.32 Å². The number of ether oxygens (including phenoxy) is 2. The van der Waals surface area contributed by atoms with Crippen LogP contribution >= 0.6 is 0 Å². The van der Waals surface area contributed by atoms with Gasteiger partial charge in [-0.2, -0.15) is 0 Å². The van der Waals surface area contributed by atoms with Crippen LogP contribution in [0.2, 0.25) is 0 Å². The van der Waals surface area contributed by atoms with Crippen molar-refractivity contribution in [1.29, 1.82) is 0 Å². The summed E-state index contributed by atoms with van der Waals surface area (Å²) in [7, 11) is 1.54. The summed E-state index contributed by atoms with van der Waals surface area (Å²) in [6.07, 6.45) is 0.0142. The van der Waals surface area contributed by atoms with Crippen molar-refractivity contribution in [3.05, 3.63) is 59.2 Å². The zero-order chi connectivity index (χ0) is 22.1. The highest BCUT2D eigenvalue weighted by Gasteiger charge is 2.14. The predicted octanol–water partition coefficient (Wildman–Crippen LogP) is 3.21. The zero-order valence-corrected chi connectivity index (χ0v) is 17.9. The zero-order valence-electron chi connectivity index (χ0n) is 17.9. The Hall–Kier alpha value is -3.35. The molecule has 0 saturated carbocycles. The molecule has 2 aromatic carbocycles. The van der Waals surface area contributed by atoms with Crippen LogP contribution in [0.1, 0.15) is 35.3 Å². The van der Waals surface area contributed by atoms with Crippen LogP contribution in [0.15, 0.2) is 42.5 Å². The van der Waals surface area contributed by atoms with Crippen LogP contribution < -0.4 is 10.1 Å². The van der Waals surface area contributed by atoms with E-state index in [0.717, 1.165) is 5.56 Å².